The van der Waals surface area contributed by atoms with Gasteiger partial charge in [-0.05, 0) is 36.2 Å². The van der Waals surface area contributed by atoms with E-state index in [1.807, 2.05) is 13.8 Å². The molecule has 0 bridgehead atoms. The second-order valence-electron chi connectivity index (χ2n) is 6.77. The van der Waals surface area contributed by atoms with Crippen LogP contribution in [0.4, 0.5) is 5.69 Å². The maximum atomic E-state index is 12.4. The van der Waals surface area contributed by atoms with E-state index >= 15 is 0 Å². The van der Waals surface area contributed by atoms with Crippen molar-refractivity contribution in [2.45, 2.75) is 20.1 Å². The van der Waals surface area contributed by atoms with Crippen LogP contribution in [0.1, 0.15) is 46.4 Å². The summed E-state index contributed by atoms with van der Waals surface area (Å²) in [7, 11) is 2.97. The first-order valence-corrected chi connectivity index (χ1v) is 8.94. The molecule has 0 aliphatic carbocycles. The Morgan fingerprint density at radius 2 is 1.96 bits per heavy atom. The average molecular weight is 385 g/mol. The molecule has 1 N–H and O–H groups in total. The molecule has 28 heavy (non-hydrogen) atoms. The first-order chi connectivity index (χ1) is 13.4. The normalized spacial score (nSPS) is 15.0. The largest absolute Gasteiger partial charge is 0.493 e. The van der Waals surface area contributed by atoms with Gasteiger partial charge >= 0.3 is 11.9 Å². The Balaban J connectivity index is 1.82. The number of anilines is 1. The quantitative estimate of drug-likeness (QED) is 0.726. The van der Waals surface area contributed by atoms with Crippen LogP contribution in [-0.2, 0) is 9.47 Å². The number of nitrogens with one attached hydrogen (secondary N) is 1. The van der Waals surface area contributed by atoms with Crippen molar-refractivity contribution in [3.05, 3.63) is 53.1 Å². The molecule has 148 valence electrons. The highest BCUT2D eigenvalue weighted by Crippen LogP contribution is 2.42. The summed E-state index contributed by atoms with van der Waals surface area (Å²) in [6.07, 6.45) is -0.704. The average Bonchev–Trinajstić information content (AvgIpc) is 3.01. The Labute approximate surface area is 163 Å². The molecule has 0 unspecified atom stereocenters. The van der Waals surface area contributed by atoms with Gasteiger partial charge < -0.3 is 24.3 Å². The van der Waals surface area contributed by atoms with E-state index in [0.717, 1.165) is 0 Å². The lowest BCUT2D eigenvalue weighted by atomic mass is 10.1. The van der Waals surface area contributed by atoms with Crippen molar-refractivity contribution in [2.75, 3.05) is 26.1 Å². The monoisotopic (exact) mass is 385 g/mol. The van der Waals surface area contributed by atoms with Crippen LogP contribution < -0.4 is 14.8 Å². The van der Waals surface area contributed by atoms with E-state index in [1.165, 1.54) is 14.2 Å². The highest BCUT2D eigenvalue weighted by molar-refractivity contribution is 5.98. The van der Waals surface area contributed by atoms with Gasteiger partial charge in [0.25, 0.3) is 0 Å². The zero-order chi connectivity index (χ0) is 20.3. The number of ether oxygens (including phenoxy) is 4. The second-order valence-corrected chi connectivity index (χ2v) is 6.77. The van der Waals surface area contributed by atoms with Gasteiger partial charge in [0, 0.05) is 11.3 Å². The van der Waals surface area contributed by atoms with Crippen LogP contribution in [0.15, 0.2) is 36.4 Å². The van der Waals surface area contributed by atoms with Crippen molar-refractivity contribution in [2.24, 2.45) is 5.92 Å². The Morgan fingerprint density at radius 3 is 2.64 bits per heavy atom. The summed E-state index contributed by atoms with van der Waals surface area (Å²) in [5, 5.41) is 3.13. The summed E-state index contributed by atoms with van der Waals surface area (Å²) < 4.78 is 21.3. The molecule has 1 atom stereocenters. The molecule has 0 fully saturated rings. The number of carbonyl (C=O) groups is 2. The van der Waals surface area contributed by atoms with Crippen LogP contribution in [-0.4, -0.2) is 32.8 Å². The topological polar surface area (TPSA) is 83.1 Å². The minimum Gasteiger partial charge on any atom is -0.493 e. The molecule has 0 spiro atoms. The van der Waals surface area contributed by atoms with E-state index in [4.69, 9.17) is 18.9 Å². The second kappa shape index (κ2) is 8.21. The minimum atomic E-state index is -0.704. The van der Waals surface area contributed by atoms with Gasteiger partial charge in [-0.1, -0.05) is 19.9 Å². The molecular weight excluding hydrogens is 362 g/mol. The van der Waals surface area contributed by atoms with Gasteiger partial charge in [0.05, 0.1) is 26.4 Å². The molecule has 1 aliphatic rings. The zero-order valence-electron chi connectivity index (χ0n) is 16.3. The SMILES string of the molecule is COc1ccc2c(c1OC)C(=O)O[C@H]2Nc1cccc(C(=O)OCC(C)C)c1. The lowest BCUT2D eigenvalue weighted by Crippen LogP contribution is -2.12. The molecule has 0 aromatic heterocycles. The van der Waals surface area contributed by atoms with Gasteiger partial charge in [-0.15, -0.1) is 0 Å². The number of fused-ring (bicyclic) bond motifs is 1. The van der Waals surface area contributed by atoms with Crippen LogP contribution in [0.2, 0.25) is 0 Å². The fourth-order valence-corrected chi connectivity index (χ4v) is 2.92. The first kappa shape index (κ1) is 19.5. The van der Waals surface area contributed by atoms with Crippen molar-refractivity contribution in [1.29, 1.82) is 0 Å². The lowest BCUT2D eigenvalue weighted by Gasteiger charge is -2.16. The first-order valence-electron chi connectivity index (χ1n) is 8.94. The molecule has 0 saturated carbocycles. The fourth-order valence-electron chi connectivity index (χ4n) is 2.92. The number of carbonyl (C=O) groups excluding carboxylic acids is 2. The number of hydrogen-bond acceptors (Lipinski definition) is 7. The predicted molar refractivity (Wildman–Crippen MR) is 103 cm³/mol. The molecule has 2 aromatic rings. The number of rotatable bonds is 7. The third-order valence-corrected chi connectivity index (χ3v) is 4.23. The Kier molecular flexibility index (Phi) is 5.73. The Hall–Kier alpha value is -3.22. The fraction of sp³-hybridized carbons (Fsp3) is 0.333. The van der Waals surface area contributed by atoms with Gasteiger partial charge in [0.15, 0.2) is 11.5 Å². The van der Waals surface area contributed by atoms with Gasteiger partial charge in [0.2, 0.25) is 6.23 Å². The summed E-state index contributed by atoms with van der Waals surface area (Å²) in [6, 6.07) is 10.3. The highest BCUT2D eigenvalue weighted by Gasteiger charge is 2.35. The van der Waals surface area contributed by atoms with Crippen molar-refractivity contribution < 1.29 is 28.5 Å². The lowest BCUT2D eigenvalue weighted by molar-refractivity contribution is 0.0430. The molecule has 1 aliphatic heterocycles. The number of benzene rings is 2. The van der Waals surface area contributed by atoms with Crippen molar-refractivity contribution in [3.63, 3.8) is 0 Å². The van der Waals surface area contributed by atoms with E-state index in [-0.39, 0.29) is 5.92 Å². The smallest absolute Gasteiger partial charge is 0.344 e. The Bertz CT molecular complexity index is 892. The molecule has 1 heterocycles. The van der Waals surface area contributed by atoms with Gasteiger partial charge in [0.1, 0.15) is 5.56 Å². The van der Waals surface area contributed by atoms with Crippen molar-refractivity contribution in [3.8, 4) is 11.5 Å². The van der Waals surface area contributed by atoms with Crippen molar-refractivity contribution in [1.82, 2.24) is 0 Å². The van der Waals surface area contributed by atoms with Gasteiger partial charge in [-0.2, -0.15) is 0 Å². The number of esters is 2. The molecule has 7 heteroatoms. The summed E-state index contributed by atoms with van der Waals surface area (Å²) in [5.41, 5.74) is 2.00. The van der Waals surface area contributed by atoms with Crippen molar-refractivity contribution >= 4 is 17.6 Å². The Morgan fingerprint density at radius 1 is 1.18 bits per heavy atom. The predicted octanol–water partition coefficient (Wildman–Crippen LogP) is 3.80. The van der Waals surface area contributed by atoms with Gasteiger partial charge in [-0.25, -0.2) is 9.59 Å². The van der Waals surface area contributed by atoms with E-state index in [1.54, 1.807) is 36.4 Å². The third-order valence-electron chi connectivity index (χ3n) is 4.23. The van der Waals surface area contributed by atoms with E-state index < -0.39 is 18.2 Å². The van der Waals surface area contributed by atoms with Crippen LogP contribution in [0.25, 0.3) is 0 Å². The number of cyclic esters (lactones) is 1. The molecule has 0 saturated heterocycles. The summed E-state index contributed by atoms with van der Waals surface area (Å²) >= 11 is 0. The standard InChI is InChI=1S/C21H23NO6/c1-12(2)11-27-20(23)13-6-5-7-14(10-13)22-19-15-8-9-16(25-3)18(26-4)17(15)21(24)28-19/h5-10,12,19,22H,11H2,1-4H3/t19-/m1/s1. The molecule has 3 rings (SSSR count). The van der Waals surface area contributed by atoms with Gasteiger partial charge in [-0.3, -0.25) is 0 Å². The maximum Gasteiger partial charge on any atom is 0.344 e. The number of methoxy groups -OCH3 is 2. The van der Waals surface area contributed by atoms with Crippen LogP contribution in [0.5, 0.6) is 11.5 Å². The number of hydrogen-bond donors (Lipinski definition) is 1. The highest BCUT2D eigenvalue weighted by atomic mass is 16.6. The molecule has 0 radical (unpaired) electrons. The van der Waals surface area contributed by atoms with Crippen LogP contribution >= 0.6 is 0 Å². The van der Waals surface area contributed by atoms with E-state index in [9.17, 15) is 9.59 Å². The van der Waals surface area contributed by atoms with Crippen LogP contribution in [0.3, 0.4) is 0 Å². The zero-order valence-corrected chi connectivity index (χ0v) is 16.3. The van der Waals surface area contributed by atoms with E-state index in [0.29, 0.717) is 40.5 Å². The molecule has 0 amide bonds. The minimum absolute atomic E-state index is 0.256. The van der Waals surface area contributed by atoms with E-state index in [2.05, 4.69) is 5.32 Å². The van der Waals surface area contributed by atoms with Crippen LogP contribution in [0, 0.1) is 5.92 Å². The molecule has 2 aromatic carbocycles. The maximum absolute atomic E-state index is 12.4. The summed E-state index contributed by atoms with van der Waals surface area (Å²) in [5.74, 6) is 0.143. The molecule has 7 nitrogen and oxygen atoms in total. The molecular formula is C21H23NO6. The third kappa shape index (κ3) is 3.88. The summed E-state index contributed by atoms with van der Waals surface area (Å²) in [6.45, 7) is 4.30. The summed E-state index contributed by atoms with van der Waals surface area (Å²) in [4.78, 5) is 24.5.